The molecule has 2 atom stereocenters. The third-order valence-corrected chi connectivity index (χ3v) is 4.02. The lowest BCUT2D eigenvalue weighted by Crippen LogP contribution is -2.54. The number of hydrogen-bond acceptors (Lipinski definition) is 3. The van der Waals surface area contributed by atoms with Crippen LogP contribution in [-0.4, -0.2) is 59.8 Å². The van der Waals surface area contributed by atoms with Crippen molar-refractivity contribution in [3.05, 3.63) is 0 Å². The molecular formula is C12H24N2O. The van der Waals surface area contributed by atoms with Gasteiger partial charge < -0.3 is 10.0 Å². The van der Waals surface area contributed by atoms with Crippen LogP contribution in [0.1, 0.15) is 32.6 Å². The third kappa shape index (κ3) is 2.71. The Bertz CT molecular complexity index is 190. The van der Waals surface area contributed by atoms with E-state index in [0.29, 0.717) is 6.04 Å². The third-order valence-electron chi connectivity index (χ3n) is 4.02. The van der Waals surface area contributed by atoms with Crippen LogP contribution in [-0.2, 0) is 0 Å². The summed E-state index contributed by atoms with van der Waals surface area (Å²) < 4.78 is 0. The van der Waals surface area contributed by atoms with E-state index in [-0.39, 0.29) is 6.10 Å². The molecule has 3 nitrogen and oxygen atoms in total. The van der Waals surface area contributed by atoms with E-state index >= 15 is 0 Å². The zero-order chi connectivity index (χ0) is 10.7. The molecule has 0 unspecified atom stereocenters. The Morgan fingerprint density at radius 3 is 2.33 bits per heavy atom. The van der Waals surface area contributed by atoms with Gasteiger partial charge in [0.05, 0.1) is 6.10 Å². The van der Waals surface area contributed by atoms with Crippen molar-refractivity contribution in [1.82, 2.24) is 9.80 Å². The van der Waals surface area contributed by atoms with Crippen LogP contribution in [0.25, 0.3) is 0 Å². The number of hydrogen-bond donors (Lipinski definition) is 1. The Hall–Kier alpha value is -0.120. The molecule has 0 aromatic rings. The summed E-state index contributed by atoms with van der Waals surface area (Å²) in [6.45, 7) is 8.05. The highest BCUT2D eigenvalue weighted by Gasteiger charge is 2.30. The van der Waals surface area contributed by atoms with Gasteiger partial charge in [-0.3, -0.25) is 4.90 Å². The van der Waals surface area contributed by atoms with Gasteiger partial charge in [0.2, 0.25) is 0 Å². The number of aliphatic hydroxyl groups is 1. The maximum absolute atomic E-state index is 9.99. The Morgan fingerprint density at radius 1 is 1.07 bits per heavy atom. The highest BCUT2D eigenvalue weighted by Crippen LogP contribution is 2.23. The van der Waals surface area contributed by atoms with Crippen LogP contribution in [0, 0.1) is 0 Å². The molecule has 1 saturated carbocycles. The molecule has 15 heavy (non-hydrogen) atoms. The van der Waals surface area contributed by atoms with Crippen molar-refractivity contribution in [1.29, 1.82) is 0 Å². The summed E-state index contributed by atoms with van der Waals surface area (Å²) >= 11 is 0. The van der Waals surface area contributed by atoms with Gasteiger partial charge in [0.15, 0.2) is 0 Å². The topological polar surface area (TPSA) is 26.7 Å². The SMILES string of the molecule is CCN1CCN([C@H]2CCCC[C@@H]2O)CC1. The van der Waals surface area contributed by atoms with E-state index in [4.69, 9.17) is 0 Å². The van der Waals surface area contributed by atoms with Gasteiger partial charge in [0.1, 0.15) is 0 Å². The first-order valence-electron chi connectivity index (χ1n) is 6.45. The summed E-state index contributed by atoms with van der Waals surface area (Å²) in [5.74, 6) is 0. The summed E-state index contributed by atoms with van der Waals surface area (Å²) in [6.07, 6.45) is 4.67. The number of rotatable bonds is 2. The van der Waals surface area contributed by atoms with Crippen molar-refractivity contribution in [2.24, 2.45) is 0 Å². The molecule has 0 aromatic carbocycles. The van der Waals surface area contributed by atoms with Crippen LogP contribution in [0.4, 0.5) is 0 Å². The zero-order valence-electron chi connectivity index (χ0n) is 9.86. The van der Waals surface area contributed by atoms with E-state index in [2.05, 4.69) is 16.7 Å². The standard InChI is InChI=1S/C12H24N2O/c1-2-13-7-9-14(10-8-13)11-5-3-4-6-12(11)15/h11-12,15H,2-10H2,1H3/t11-,12-/m0/s1. The van der Waals surface area contributed by atoms with Crippen molar-refractivity contribution < 1.29 is 5.11 Å². The lowest BCUT2D eigenvalue weighted by atomic mass is 9.91. The molecule has 3 heteroatoms. The molecule has 88 valence electrons. The average molecular weight is 212 g/mol. The smallest absolute Gasteiger partial charge is 0.0695 e. The molecule has 0 spiro atoms. The molecule has 2 fully saturated rings. The second-order valence-electron chi connectivity index (χ2n) is 4.89. The molecule has 0 radical (unpaired) electrons. The Kier molecular flexibility index (Phi) is 4.00. The number of piperazine rings is 1. The predicted octanol–water partition coefficient (Wildman–Crippen LogP) is 0.927. The second kappa shape index (κ2) is 5.28. The van der Waals surface area contributed by atoms with E-state index in [9.17, 15) is 5.11 Å². The molecule has 0 bridgehead atoms. The molecule has 1 aliphatic carbocycles. The zero-order valence-corrected chi connectivity index (χ0v) is 9.86. The van der Waals surface area contributed by atoms with Crippen LogP contribution in [0.5, 0.6) is 0 Å². The fourth-order valence-corrected chi connectivity index (χ4v) is 2.93. The van der Waals surface area contributed by atoms with Crippen LogP contribution in [0.15, 0.2) is 0 Å². The lowest BCUT2D eigenvalue weighted by molar-refractivity contribution is -0.00269. The van der Waals surface area contributed by atoms with Gasteiger partial charge in [-0.1, -0.05) is 19.8 Å². The van der Waals surface area contributed by atoms with Gasteiger partial charge >= 0.3 is 0 Å². The predicted molar refractivity (Wildman–Crippen MR) is 61.9 cm³/mol. The second-order valence-corrected chi connectivity index (χ2v) is 4.89. The van der Waals surface area contributed by atoms with Crippen LogP contribution < -0.4 is 0 Å². The lowest BCUT2D eigenvalue weighted by Gasteiger charge is -2.42. The fraction of sp³-hybridized carbons (Fsp3) is 1.00. The molecule has 1 heterocycles. The molecular weight excluding hydrogens is 188 g/mol. The largest absolute Gasteiger partial charge is 0.391 e. The quantitative estimate of drug-likeness (QED) is 0.737. The molecule has 2 aliphatic rings. The minimum atomic E-state index is -0.0630. The first-order chi connectivity index (χ1) is 7.31. The summed E-state index contributed by atoms with van der Waals surface area (Å²) in [5, 5.41) is 9.99. The summed E-state index contributed by atoms with van der Waals surface area (Å²) in [5.41, 5.74) is 0. The highest BCUT2D eigenvalue weighted by molar-refractivity contribution is 4.85. The summed E-state index contributed by atoms with van der Waals surface area (Å²) in [6, 6.07) is 0.456. The molecule has 1 N–H and O–H groups in total. The number of likely N-dealkylation sites (N-methyl/N-ethyl adjacent to an activating group) is 1. The first-order valence-corrected chi connectivity index (χ1v) is 6.45. The van der Waals surface area contributed by atoms with E-state index < -0.39 is 0 Å². The van der Waals surface area contributed by atoms with Crippen molar-refractivity contribution >= 4 is 0 Å². The number of nitrogens with zero attached hydrogens (tertiary/aromatic N) is 2. The van der Waals surface area contributed by atoms with Gasteiger partial charge in [-0.15, -0.1) is 0 Å². The van der Waals surface area contributed by atoms with Gasteiger partial charge in [0, 0.05) is 32.2 Å². The summed E-state index contributed by atoms with van der Waals surface area (Å²) in [7, 11) is 0. The molecule has 1 aliphatic heterocycles. The number of aliphatic hydroxyl groups excluding tert-OH is 1. The maximum atomic E-state index is 9.99. The van der Waals surface area contributed by atoms with Crippen molar-refractivity contribution in [2.75, 3.05) is 32.7 Å². The van der Waals surface area contributed by atoms with Gasteiger partial charge in [-0.25, -0.2) is 0 Å². The van der Waals surface area contributed by atoms with E-state index in [1.165, 1.54) is 38.9 Å². The Balaban J connectivity index is 1.83. The Labute approximate surface area is 93.1 Å². The van der Waals surface area contributed by atoms with E-state index in [1.807, 2.05) is 0 Å². The average Bonchev–Trinajstić information content (AvgIpc) is 2.30. The molecule has 2 rings (SSSR count). The van der Waals surface area contributed by atoms with E-state index in [1.54, 1.807) is 0 Å². The fourth-order valence-electron chi connectivity index (χ4n) is 2.93. The van der Waals surface area contributed by atoms with Gasteiger partial charge in [-0.2, -0.15) is 0 Å². The highest BCUT2D eigenvalue weighted by atomic mass is 16.3. The monoisotopic (exact) mass is 212 g/mol. The van der Waals surface area contributed by atoms with Crippen molar-refractivity contribution in [2.45, 2.75) is 44.8 Å². The van der Waals surface area contributed by atoms with Crippen molar-refractivity contribution in [3.8, 4) is 0 Å². The van der Waals surface area contributed by atoms with Gasteiger partial charge in [0.25, 0.3) is 0 Å². The molecule has 0 amide bonds. The van der Waals surface area contributed by atoms with Crippen molar-refractivity contribution in [3.63, 3.8) is 0 Å². The maximum Gasteiger partial charge on any atom is 0.0695 e. The molecule has 0 aromatic heterocycles. The van der Waals surface area contributed by atoms with Crippen LogP contribution in [0.3, 0.4) is 0 Å². The minimum absolute atomic E-state index is 0.0630. The normalized spacial score (nSPS) is 35.6. The van der Waals surface area contributed by atoms with E-state index in [0.717, 1.165) is 19.5 Å². The Morgan fingerprint density at radius 2 is 1.73 bits per heavy atom. The molecule has 1 saturated heterocycles. The summed E-state index contributed by atoms with van der Waals surface area (Å²) in [4.78, 5) is 5.00. The van der Waals surface area contributed by atoms with Crippen LogP contribution in [0.2, 0.25) is 0 Å². The first kappa shape index (κ1) is 11.4. The minimum Gasteiger partial charge on any atom is -0.391 e. The van der Waals surface area contributed by atoms with Gasteiger partial charge in [-0.05, 0) is 19.4 Å². The van der Waals surface area contributed by atoms with Crippen LogP contribution >= 0.6 is 0 Å².